The molecule has 96 valence electrons. The van der Waals surface area contributed by atoms with Gasteiger partial charge in [-0.25, -0.2) is 9.78 Å². The second kappa shape index (κ2) is 6.08. The molecule has 2 heterocycles. The van der Waals surface area contributed by atoms with Crippen molar-refractivity contribution in [1.82, 2.24) is 4.98 Å². The van der Waals surface area contributed by atoms with E-state index in [9.17, 15) is 4.79 Å². The van der Waals surface area contributed by atoms with Crippen molar-refractivity contribution in [2.24, 2.45) is 0 Å². The summed E-state index contributed by atoms with van der Waals surface area (Å²) in [4.78, 5) is 16.2. The van der Waals surface area contributed by atoms with E-state index in [1.807, 2.05) is 5.38 Å². The Balaban J connectivity index is 2.06. The van der Waals surface area contributed by atoms with Crippen LogP contribution in [0.4, 0.5) is 0 Å². The van der Waals surface area contributed by atoms with Gasteiger partial charge in [0.25, 0.3) is 0 Å². The molecular weight excluding hydrogens is 270 g/mol. The Morgan fingerprint density at radius 2 is 2.28 bits per heavy atom. The molecule has 0 fully saturated rings. The number of carbonyl (C=O) groups is 1. The second-order valence-electron chi connectivity index (χ2n) is 3.73. The topological polar surface area (TPSA) is 59.4 Å². The van der Waals surface area contributed by atoms with E-state index in [-0.39, 0.29) is 0 Å². The minimum Gasteiger partial charge on any atom is -0.478 e. The molecule has 0 aliphatic heterocycles. The summed E-state index contributed by atoms with van der Waals surface area (Å²) < 4.78 is 5.00. The summed E-state index contributed by atoms with van der Waals surface area (Å²) in [5, 5.41) is 13.5. The fourth-order valence-electron chi connectivity index (χ4n) is 1.49. The second-order valence-corrected chi connectivity index (χ2v) is 5.58. The van der Waals surface area contributed by atoms with Crippen LogP contribution in [0.25, 0.3) is 10.6 Å². The van der Waals surface area contributed by atoms with Crippen LogP contribution in [0.5, 0.6) is 0 Å². The third-order valence-corrected chi connectivity index (χ3v) is 4.25. The third kappa shape index (κ3) is 3.16. The molecule has 0 amide bonds. The van der Waals surface area contributed by atoms with Crippen LogP contribution >= 0.6 is 22.7 Å². The molecule has 6 heteroatoms. The number of nitrogens with zero attached hydrogens (tertiary/aromatic N) is 1. The molecule has 0 unspecified atom stereocenters. The van der Waals surface area contributed by atoms with Gasteiger partial charge in [-0.2, -0.15) is 0 Å². The molecule has 0 atom stereocenters. The van der Waals surface area contributed by atoms with Crippen molar-refractivity contribution in [2.45, 2.75) is 12.8 Å². The van der Waals surface area contributed by atoms with E-state index in [0.29, 0.717) is 5.56 Å². The summed E-state index contributed by atoms with van der Waals surface area (Å²) in [6.07, 6.45) is 1.85. The number of methoxy groups -OCH3 is 1. The predicted molar refractivity (Wildman–Crippen MR) is 72.6 cm³/mol. The standard InChI is InChI=1S/C12H13NO3S2/c1-16-4-2-3-11-13-9(7-18-11)10-5-8(6-17-10)12(14)15/h5-7H,2-4H2,1H3,(H,14,15). The van der Waals surface area contributed by atoms with Crippen LogP contribution in [0.2, 0.25) is 0 Å². The lowest BCUT2D eigenvalue weighted by Crippen LogP contribution is -1.92. The number of rotatable bonds is 6. The lowest BCUT2D eigenvalue weighted by Gasteiger charge is -1.95. The average Bonchev–Trinajstić information content (AvgIpc) is 2.97. The maximum atomic E-state index is 10.8. The third-order valence-electron chi connectivity index (χ3n) is 2.39. The van der Waals surface area contributed by atoms with Crippen molar-refractivity contribution in [1.29, 1.82) is 0 Å². The predicted octanol–water partition coefficient (Wildman–Crippen LogP) is 3.15. The van der Waals surface area contributed by atoms with E-state index in [1.165, 1.54) is 11.3 Å². The summed E-state index contributed by atoms with van der Waals surface area (Å²) in [5.74, 6) is -0.895. The monoisotopic (exact) mass is 283 g/mol. The number of aromatic nitrogens is 1. The molecule has 2 aromatic heterocycles. The van der Waals surface area contributed by atoms with Crippen LogP contribution in [0.1, 0.15) is 21.8 Å². The first-order chi connectivity index (χ1) is 8.70. The maximum absolute atomic E-state index is 10.8. The van der Waals surface area contributed by atoms with E-state index in [1.54, 1.807) is 29.9 Å². The number of hydrogen-bond acceptors (Lipinski definition) is 5. The van der Waals surface area contributed by atoms with Gasteiger partial charge in [0.05, 0.1) is 21.1 Å². The zero-order chi connectivity index (χ0) is 13.0. The summed E-state index contributed by atoms with van der Waals surface area (Å²) >= 11 is 3.02. The maximum Gasteiger partial charge on any atom is 0.336 e. The number of aryl methyl sites for hydroxylation is 1. The Labute approximate surface area is 113 Å². The number of thiophene rings is 1. The van der Waals surface area contributed by atoms with Gasteiger partial charge >= 0.3 is 5.97 Å². The van der Waals surface area contributed by atoms with Gasteiger partial charge in [-0.05, 0) is 12.5 Å². The Kier molecular flexibility index (Phi) is 4.46. The summed E-state index contributed by atoms with van der Waals surface area (Å²) in [6.45, 7) is 0.733. The van der Waals surface area contributed by atoms with Crippen molar-refractivity contribution < 1.29 is 14.6 Å². The van der Waals surface area contributed by atoms with Crippen LogP contribution in [-0.4, -0.2) is 29.8 Å². The number of carboxylic acid groups (broad SMARTS) is 1. The zero-order valence-corrected chi connectivity index (χ0v) is 11.5. The normalized spacial score (nSPS) is 10.7. The molecule has 0 saturated heterocycles. The summed E-state index contributed by atoms with van der Waals surface area (Å²) in [6, 6.07) is 1.67. The molecule has 2 rings (SSSR count). The first-order valence-corrected chi connectivity index (χ1v) is 7.22. The van der Waals surface area contributed by atoms with E-state index >= 15 is 0 Å². The first-order valence-electron chi connectivity index (χ1n) is 5.46. The molecule has 0 bridgehead atoms. The molecule has 0 aliphatic carbocycles. The summed E-state index contributed by atoms with van der Waals surface area (Å²) in [5.41, 5.74) is 1.19. The molecule has 1 N–H and O–H groups in total. The van der Waals surface area contributed by atoms with Crippen LogP contribution in [0, 0.1) is 0 Å². The SMILES string of the molecule is COCCCc1nc(-c2cc(C(=O)O)cs2)cs1. The van der Waals surface area contributed by atoms with Crippen molar-refractivity contribution in [2.75, 3.05) is 13.7 Å². The quantitative estimate of drug-likeness (QED) is 0.827. The zero-order valence-electron chi connectivity index (χ0n) is 9.88. The van der Waals surface area contributed by atoms with Crippen molar-refractivity contribution in [3.8, 4) is 10.6 Å². The minimum atomic E-state index is -0.895. The van der Waals surface area contributed by atoms with E-state index < -0.39 is 5.97 Å². The van der Waals surface area contributed by atoms with Crippen LogP contribution in [0.3, 0.4) is 0 Å². The van der Waals surface area contributed by atoms with Gasteiger partial charge in [0, 0.05) is 30.9 Å². The van der Waals surface area contributed by atoms with E-state index in [2.05, 4.69) is 4.98 Å². The van der Waals surface area contributed by atoms with Crippen molar-refractivity contribution in [3.05, 3.63) is 27.4 Å². The number of ether oxygens (including phenoxy) is 1. The lowest BCUT2D eigenvalue weighted by molar-refractivity contribution is 0.0697. The van der Waals surface area contributed by atoms with Gasteiger partial charge in [0.1, 0.15) is 0 Å². The number of hydrogen-bond donors (Lipinski definition) is 1. The lowest BCUT2D eigenvalue weighted by atomic mass is 10.3. The van der Waals surface area contributed by atoms with E-state index in [4.69, 9.17) is 9.84 Å². The Morgan fingerprint density at radius 1 is 1.44 bits per heavy atom. The molecule has 0 aromatic carbocycles. The molecular formula is C12H13NO3S2. The first kappa shape index (κ1) is 13.2. The van der Waals surface area contributed by atoms with Gasteiger partial charge in [0.2, 0.25) is 0 Å². The van der Waals surface area contributed by atoms with Crippen LogP contribution in [0.15, 0.2) is 16.8 Å². The largest absolute Gasteiger partial charge is 0.478 e. The smallest absolute Gasteiger partial charge is 0.336 e. The van der Waals surface area contributed by atoms with Crippen molar-refractivity contribution in [3.63, 3.8) is 0 Å². The highest BCUT2D eigenvalue weighted by Gasteiger charge is 2.10. The highest BCUT2D eigenvalue weighted by molar-refractivity contribution is 7.14. The fraction of sp³-hybridized carbons (Fsp3) is 0.333. The average molecular weight is 283 g/mol. The van der Waals surface area contributed by atoms with Gasteiger partial charge in [-0.1, -0.05) is 0 Å². The minimum absolute atomic E-state index is 0.323. The molecule has 0 radical (unpaired) electrons. The number of carboxylic acids is 1. The molecule has 0 saturated carbocycles. The van der Waals surface area contributed by atoms with Crippen molar-refractivity contribution >= 4 is 28.6 Å². The van der Waals surface area contributed by atoms with Gasteiger partial charge in [-0.15, -0.1) is 22.7 Å². The molecule has 18 heavy (non-hydrogen) atoms. The molecule has 2 aromatic rings. The van der Waals surface area contributed by atoms with E-state index in [0.717, 1.165) is 35.0 Å². The van der Waals surface area contributed by atoms with Crippen LogP contribution in [-0.2, 0) is 11.2 Å². The molecule has 0 aliphatic rings. The highest BCUT2D eigenvalue weighted by atomic mass is 32.1. The molecule has 4 nitrogen and oxygen atoms in total. The van der Waals surface area contributed by atoms with Gasteiger partial charge < -0.3 is 9.84 Å². The Hall–Kier alpha value is -1.24. The van der Waals surface area contributed by atoms with Gasteiger partial charge in [0.15, 0.2) is 0 Å². The number of aromatic carboxylic acids is 1. The summed E-state index contributed by atoms with van der Waals surface area (Å²) in [7, 11) is 1.69. The Bertz CT molecular complexity index is 533. The number of thiazole rings is 1. The highest BCUT2D eigenvalue weighted by Crippen LogP contribution is 2.28. The van der Waals surface area contributed by atoms with Crippen LogP contribution < -0.4 is 0 Å². The Morgan fingerprint density at radius 3 is 2.94 bits per heavy atom. The molecule has 0 spiro atoms. The van der Waals surface area contributed by atoms with Gasteiger partial charge in [-0.3, -0.25) is 0 Å². The fourth-order valence-corrected chi connectivity index (χ4v) is 3.25.